The minimum absolute atomic E-state index is 0.205. The number of piperidine rings is 1. The molecule has 2 fully saturated rings. The zero-order chi connectivity index (χ0) is 23.9. The van der Waals surface area contributed by atoms with Crippen molar-refractivity contribution in [1.29, 1.82) is 0 Å². The van der Waals surface area contributed by atoms with Gasteiger partial charge in [-0.3, -0.25) is 4.98 Å². The molecule has 9 heteroatoms. The summed E-state index contributed by atoms with van der Waals surface area (Å²) in [5.41, 5.74) is 8.59. The molecule has 1 saturated carbocycles. The van der Waals surface area contributed by atoms with Crippen LogP contribution in [-0.2, 0) is 0 Å². The topological polar surface area (TPSA) is 92.8 Å². The molecule has 1 saturated heterocycles. The van der Waals surface area contributed by atoms with E-state index in [0.717, 1.165) is 55.5 Å². The lowest BCUT2D eigenvalue weighted by molar-refractivity contribution is 0.499. The Morgan fingerprint density at radius 3 is 2.49 bits per heavy atom. The molecular weight excluding hydrogens is 448 g/mol. The molecule has 0 atom stereocenters. The number of para-hydroxylation sites is 1. The summed E-state index contributed by atoms with van der Waals surface area (Å²) in [5, 5.41) is 3.81. The van der Waals surface area contributed by atoms with Crippen molar-refractivity contribution in [1.82, 2.24) is 19.9 Å². The number of hydrogen-bond donors (Lipinski definition) is 2. The van der Waals surface area contributed by atoms with Crippen molar-refractivity contribution in [2.75, 3.05) is 23.3 Å². The van der Waals surface area contributed by atoms with Gasteiger partial charge in [-0.05, 0) is 61.4 Å². The van der Waals surface area contributed by atoms with E-state index in [1.807, 2.05) is 6.20 Å². The van der Waals surface area contributed by atoms with Gasteiger partial charge in [0.1, 0.15) is 29.0 Å². The van der Waals surface area contributed by atoms with Crippen molar-refractivity contribution < 1.29 is 8.78 Å². The van der Waals surface area contributed by atoms with Crippen LogP contribution < -0.4 is 16.0 Å². The molecule has 178 valence electrons. The number of anilines is 3. The number of nitrogens with one attached hydrogen (secondary N) is 1. The zero-order valence-corrected chi connectivity index (χ0v) is 19.1. The molecule has 4 aromatic rings. The highest BCUT2D eigenvalue weighted by Gasteiger charge is 2.30. The maximum Gasteiger partial charge on any atom is 0.162 e. The van der Waals surface area contributed by atoms with Gasteiger partial charge in [0.15, 0.2) is 5.82 Å². The number of hydrogen-bond acceptors (Lipinski definition) is 7. The quantitative estimate of drug-likeness (QED) is 0.425. The molecule has 1 aromatic carbocycles. The summed E-state index contributed by atoms with van der Waals surface area (Å²) in [6, 6.07) is 7.41. The molecule has 1 aliphatic carbocycles. The van der Waals surface area contributed by atoms with Crippen molar-refractivity contribution in [2.45, 2.75) is 37.6 Å². The number of benzene rings is 1. The van der Waals surface area contributed by atoms with Crippen molar-refractivity contribution in [3.8, 4) is 11.4 Å². The summed E-state index contributed by atoms with van der Waals surface area (Å²) < 4.78 is 28.3. The van der Waals surface area contributed by atoms with E-state index in [4.69, 9.17) is 15.7 Å². The first-order chi connectivity index (χ1) is 17.1. The predicted octanol–water partition coefficient (Wildman–Crippen LogP) is 4.91. The standard InChI is InChI=1S/C26H25F2N7/c27-19-2-1-3-20(28)24(19)33-22-12-16(6-9-31-22)25-32-21-14-30-13-18(15-4-5-15)23(21)26(34-25)35-10-7-17(29)8-11-35/h1-3,6,9,12-15,17H,4-5,7-8,10-11,29H2,(H,31,33). The molecular formula is C26H25F2N7. The third-order valence-electron chi connectivity index (χ3n) is 6.71. The Morgan fingerprint density at radius 2 is 1.74 bits per heavy atom. The van der Waals surface area contributed by atoms with Crippen LogP contribution in [0.1, 0.15) is 37.2 Å². The van der Waals surface area contributed by atoms with E-state index < -0.39 is 11.6 Å². The summed E-state index contributed by atoms with van der Waals surface area (Å²) in [7, 11) is 0. The highest BCUT2D eigenvalue weighted by Crippen LogP contribution is 2.45. The average Bonchev–Trinajstić information content (AvgIpc) is 3.72. The number of halogens is 2. The van der Waals surface area contributed by atoms with Gasteiger partial charge in [0.25, 0.3) is 0 Å². The van der Waals surface area contributed by atoms with Crippen LogP contribution in [0.2, 0.25) is 0 Å². The maximum atomic E-state index is 14.2. The Morgan fingerprint density at radius 1 is 0.971 bits per heavy atom. The Bertz CT molecular complexity index is 1380. The molecule has 4 heterocycles. The van der Waals surface area contributed by atoms with Gasteiger partial charge >= 0.3 is 0 Å². The molecule has 0 spiro atoms. The number of rotatable bonds is 5. The van der Waals surface area contributed by atoms with Gasteiger partial charge in [0.2, 0.25) is 0 Å². The molecule has 2 aliphatic rings. The van der Waals surface area contributed by atoms with Gasteiger partial charge in [0, 0.05) is 42.5 Å². The van der Waals surface area contributed by atoms with Gasteiger partial charge in [-0.15, -0.1) is 0 Å². The van der Waals surface area contributed by atoms with E-state index in [-0.39, 0.29) is 11.7 Å². The van der Waals surface area contributed by atoms with Crippen molar-refractivity contribution in [2.24, 2.45) is 5.73 Å². The van der Waals surface area contributed by atoms with Crippen LogP contribution in [0.15, 0.2) is 48.9 Å². The van der Waals surface area contributed by atoms with Crippen LogP contribution in [0.5, 0.6) is 0 Å². The second kappa shape index (κ2) is 8.81. The van der Waals surface area contributed by atoms with Crippen molar-refractivity contribution in [3.05, 3.63) is 66.1 Å². The second-order valence-electron chi connectivity index (χ2n) is 9.24. The highest BCUT2D eigenvalue weighted by molar-refractivity contribution is 5.94. The molecule has 3 N–H and O–H groups in total. The average molecular weight is 474 g/mol. The van der Waals surface area contributed by atoms with E-state index in [2.05, 4.69) is 20.2 Å². The largest absolute Gasteiger partial charge is 0.356 e. The Hall–Kier alpha value is -3.72. The molecule has 0 amide bonds. The lowest BCUT2D eigenvalue weighted by Gasteiger charge is -2.32. The minimum Gasteiger partial charge on any atom is -0.356 e. The number of fused-ring (bicyclic) bond motifs is 1. The van der Waals surface area contributed by atoms with E-state index in [1.165, 1.54) is 23.8 Å². The Balaban J connectivity index is 1.44. The van der Waals surface area contributed by atoms with Crippen LogP contribution >= 0.6 is 0 Å². The van der Waals surface area contributed by atoms with Gasteiger partial charge in [-0.25, -0.2) is 23.7 Å². The predicted molar refractivity (Wildman–Crippen MR) is 132 cm³/mol. The van der Waals surface area contributed by atoms with Crippen LogP contribution in [0.25, 0.3) is 22.3 Å². The van der Waals surface area contributed by atoms with Crippen molar-refractivity contribution in [3.63, 3.8) is 0 Å². The monoisotopic (exact) mass is 473 g/mol. The summed E-state index contributed by atoms with van der Waals surface area (Å²) in [4.78, 5) is 20.8. The smallest absolute Gasteiger partial charge is 0.162 e. The summed E-state index contributed by atoms with van der Waals surface area (Å²) in [6.45, 7) is 1.66. The summed E-state index contributed by atoms with van der Waals surface area (Å²) in [6.07, 6.45) is 9.41. The fourth-order valence-electron chi connectivity index (χ4n) is 4.65. The first-order valence-electron chi connectivity index (χ1n) is 11.9. The molecule has 7 nitrogen and oxygen atoms in total. The number of pyridine rings is 2. The number of nitrogens with zero attached hydrogens (tertiary/aromatic N) is 5. The lowest BCUT2D eigenvalue weighted by atomic mass is 10.0. The minimum atomic E-state index is -0.691. The first-order valence-corrected chi connectivity index (χ1v) is 11.9. The van der Waals surface area contributed by atoms with Crippen molar-refractivity contribution >= 4 is 28.2 Å². The SMILES string of the molecule is NC1CCN(c2nc(-c3ccnc(Nc4c(F)cccc4F)c3)nc3cncc(C4CC4)c23)CC1. The maximum absolute atomic E-state index is 14.2. The molecule has 35 heavy (non-hydrogen) atoms. The number of nitrogens with two attached hydrogens (primary N) is 1. The Labute approximate surface area is 201 Å². The van der Waals surface area contributed by atoms with Crippen LogP contribution in [0.3, 0.4) is 0 Å². The van der Waals surface area contributed by atoms with Gasteiger partial charge in [-0.2, -0.15) is 0 Å². The molecule has 3 aromatic heterocycles. The number of aromatic nitrogens is 4. The third-order valence-corrected chi connectivity index (χ3v) is 6.71. The molecule has 0 unspecified atom stereocenters. The van der Waals surface area contributed by atoms with Gasteiger partial charge in [-0.1, -0.05) is 6.07 Å². The van der Waals surface area contributed by atoms with Gasteiger partial charge < -0.3 is 16.0 Å². The summed E-state index contributed by atoms with van der Waals surface area (Å²) >= 11 is 0. The highest BCUT2D eigenvalue weighted by atomic mass is 19.1. The normalized spacial score (nSPS) is 16.6. The zero-order valence-electron chi connectivity index (χ0n) is 19.1. The second-order valence-corrected chi connectivity index (χ2v) is 9.24. The lowest BCUT2D eigenvalue weighted by Crippen LogP contribution is -2.40. The fraction of sp³-hybridized carbons (Fsp3) is 0.308. The first kappa shape index (κ1) is 21.8. The van der Waals surface area contributed by atoms with Crippen LogP contribution in [-0.4, -0.2) is 39.1 Å². The molecule has 6 rings (SSSR count). The van der Waals surface area contributed by atoms with Gasteiger partial charge in [0.05, 0.1) is 11.7 Å². The molecule has 1 aliphatic heterocycles. The van der Waals surface area contributed by atoms with E-state index >= 15 is 0 Å². The summed E-state index contributed by atoms with van der Waals surface area (Å²) in [5.74, 6) is 0.820. The van der Waals surface area contributed by atoms with Crippen LogP contribution in [0, 0.1) is 11.6 Å². The Kier molecular flexibility index (Phi) is 5.49. The fourth-order valence-corrected chi connectivity index (χ4v) is 4.65. The van der Waals surface area contributed by atoms with Crippen LogP contribution in [0.4, 0.5) is 26.1 Å². The molecule has 0 radical (unpaired) electrons. The van der Waals surface area contributed by atoms with E-state index in [1.54, 1.807) is 24.5 Å². The third kappa shape index (κ3) is 4.27. The van der Waals surface area contributed by atoms with E-state index in [9.17, 15) is 8.78 Å². The molecule has 0 bridgehead atoms. The van der Waals surface area contributed by atoms with E-state index in [0.29, 0.717) is 23.1 Å².